The van der Waals surface area contributed by atoms with Crippen molar-refractivity contribution < 1.29 is 9.90 Å². The Hall–Kier alpha value is -2.20. The lowest BCUT2D eigenvalue weighted by Gasteiger charge is -2.17. The largest absolute Gasteiger partial charge is 0.394 e. The molecule has 2 aromatic rings. The molecule has 4 heteroatoms. The molecule has 0 aliphatic heterocycles. The number of rotatable bonds is 5. The molecule has 1 atom stereocenters. The molecule has 110 valence electrons. The summed E-state index contributed by atoms with van der Waals surface area (Å²) in [4.78, 5) is 16.3. The van der Waals surface area contributed by atoms with Crippen molar-refractivity contribution in [2.24, 2.45) is 0 Å². The standard InChI is InChI=1S/C17H20N2O2/c1-3-13-5-8-14(9-6-13)16(11-20)19-17(21)15-7-4-12(2)18-10-15/h4-10,16,20H,3,11H2,1-2H3,(H,19,21). The van der Waals surface area contributed by atoms with Gasteiger partial charge in [0.1, 0.15) is 0 Å². The van der Waals surface area contributed by atoms with E-state index in [2.05, 4.69) is 17.2 Å². The molecular formula is C17H20N2O2. The Morgan fingerprint density at radius 2 is 1.95 bits per heavy atom. The maximum Gasteiger partial charge on any atom is 0.253 e. The fourth-order valence-corrected chi connectivity index (χ4v) is 2.06. The van der Waals surface area contributed by atoms with Crippen LogP contribution in [0.3, 0.4) is 0 Å². The summed E-state index contributed by atoms with van der Waals surface area (Å²) in [7, 11) is 0. The number of aliphatic hydroxyl groups excluding tert-OH is 1. The van der Waals surface area contributed by atoms with E-state index in [9.17, 15) is 9.90 Å². The van der Waals surface area contributed by atoms with Gasteiger partial charge in [-0.3, -0.25) is 9.78 Å². The zero-order valence-electron chi connectivity index (χ0n) is 12.3. The Bertz CT molecular complexity index is 591. The summed E-state index contributed by atoms with van der Waals surface area (Å²) >= 11 is 0. The monoisotopic (exact) mass is 284 g/mol. The normalized spacial score (nSPS) is 12.0. The number of aromatic nitrogens is 1. The Balaban J connectivity index is 2.10. The lowest BCUT2D eigenvalue weighted by molar-refractivity contribution is 0.0916. The summed E-state index contributed by atoms with van der Waals surface area (Å²) in [5, 5.41) is 12.3. The molecule has 0 radical (unpaired) electrons. The van der Waals surface area contributed by atoms with E-state index in [1.807, 2.05) is 31.2 Å². The van der Waals surface area contributed by atoms with E-state index in [1.54, 1.807) is 18.3 Å². The van der Waals surface area contributed by atoms with Crippen LogP contribution in [0.25, 0.3) is 0 Å². The Labute approximate surface area is 124 Å². The number of amides is 1. The Morgan fingerprint density at radius 3 is 2.48 bits per heavy atom. The third kappa shape index (κ3) is 3.89. The van der Waals surface area contributed by atoms with Gasteiger partial charge >= 0.3 is 0 Å². The number of hydrogen-bond acceptors (Lipinski definition) is 3. The number of nitrogens with zero attached hydrogens (tertiary/aromatic N) is 1. The maximum absolute atomic E-state index is 12.2. The average Bonchev–Trinajstić information content (AvgIpc) is 2.53. The van der Waals surface area contributed by atoms with Crippen LogP contribution in [0.5, 0.6) is 0 Å². The van der Waals surface area contributed by atoms with Gasteiger partial charge in [-0.15, -0.1) is 0 Å². The Kier molecular flexibility index (Phi) is 5.06. The van der Waals surface area contributed by atoms with Gasteiger partial charge in [0.15, 0.2) is 0 Å². The molecule has 1 aromatic carbocycles. The van der Waals surface area contributed by atoms with Crippen LogP contribution < -0.4 is 5.32 Å². The first-order chi connectivity index (χ1) is 10.1. The van der Waals surface area contributed by atoms with E-state index >= 15 is 0 Å². The molecule has 2 N–H and O–H groups in total. The van der Waals surface area contributed by atoms with E-state index in [-0.39, 0.29) is 12.5 Å². The fraction of sp³-hybridized carbons (Fsp3) is 0.294. The number of carbonyl (C=O) groups is 1. The summed E-state index contributed by atoms with van der Waals surface area (Å²) in [6, 6.07) is 11.0. The maximum atomic E-state index is 12.2. The summed E-state index contributed by atoms with van der Waals surface area (Å²) in [6.45, 7) is 3.81. The molecule has 0 bridgehead atoms. The second-order valence-electron chi connectivity index (χ2n) is 4.99. The molecule has 0 fully saturated rings. The molecule has 21 heavy (non-hydrogen) atoms. The van der Waals surface area contributed by atoms with Crippen molar-refractivity contribution in [3.63, 3.8) is 0 Å². The zero-order valence-corrected chi connectivity index (χ0v) is 12.3. The van der Waals surface area contributed by atoms with Crippen molar-refractivity contribution in [1.29, 1.82) is 0 Å². The topological polar surface area (TPSA) is 62.2 Å². The number of aliphatic hydroxyl groups is 1. The van der Waals surface area contributed by atoms with Crippen molar-refractivity contribution in [2.45, 2.75) is 26.3 Å². The lowest BCUT2D eigenvalue weighted by Crippen LogP contribution is -2.30. The minimum Gasteiger partial charge on any atom is -0.394 e. The molecule has 1 aromatic heterocycles. The highest BCUT2D eigenvalue weighted by Gasteiger charge is 2.15. The second-order valence-corrected chi connectivity index (χ2v) is 4.99. The third-order valence-corrected chi connectivity index (χ3v) is 3.45. The summed E-state index contributed by atoms with van der Waals surface area (Å²) < 4.78 is 0. The van der Waals surface area contributed by atoms with Crippen LogP contribution in [0.4, 0.5) is 0 Å². The highest BCUT2D eigenvalue weighted by Crippen LogP contribution is 2.15. The lowest BCUT2D eigenvalue weighted by atomic mass is 10.0. The number of pyridine rings is 1. The smallest absolute Gasteiger partial charge is 0.253 e. The van der Waals surface area contributed by atoms with Gasteiger partial charge in [-0.1, -0.05) is 31.2 Å². The molecule has 1 unspecified atom stereocenters. The van der Waals surface area contributed by atoms with E-state index in [1.165, 1.54) is 5.56 Å². The van der Waals surface area contributed by atoms with Crippen molar-refractivity contribution in [2.75, 3.05) is 6.61 Å². The number of benzene rings is 1. The fourth-order valence-electron chi connectivity index (χ4n) is 2.06. The number of nitrogens with one attached hydrogen (secondary N) is 1. The summed E-state index contributed by atoms with van der Waals surface area (Å²) in [6.07, 6.45) is 2.50. The molecule has 0 saturated carbocycles. The van der Waals surface area contributed by atoms with Crippen LogP contribution in [0.15, 0.2) is 42.6 Å². The molecular weight excluding hydrogens is 264 g/mol. The average molecular weight is 284 g/mol. The van der Waals surface area contributed by atoms with Crippen LogP contribution in [0.1, 0.15) is 40.1 Å². The van der Waals surface area contributed by atoms with E-state index in [4.69, 9.17) is 0 Å². The van der Waals surface area contributed by atoms with Gasteiger partial charge in [-0.05, 0) is 36.6 Å². The van der Waals surface area contributed by atoms with Gasteiger partial charge in [0, 0.05) is 11.9 Å². The number of carbonyl (C=O) groups excluding carboxylic acids is 1. The van der Waals surface area contributed by atoms with Gasteiger partial charge < -0.3 is 10.4 Å². The van der Waals surface area contributed by atoms with Gasteiger partial charge in [-0.2, -0.15) is 0 Å². The molecule has 1 heterocycles. The highest BCUT2D eigenvalue weighted by molar-refractivity contribution is 5.94. The van der Waals surface area contributed by atoms with Crippen LogP contribution >= 0.6 is 0 Å². The molecule has 0 aliphatic carbocycles. The quantitative estimate of drug-likeness (QED) is 0.886. The minimum absolute atomic E-state index is 0.142. The predicted octanol–water partition coefficient (Wildman–Crippen LogP) is 2.42. The summed E-state index contributed by atoms with van der Waals surface area (Å²) in [5.74, 6) is -0.235. The van der Waals surface area contributed by atoms with E-state index < -0.39 is 6.04 Å². The van der Waals surface area contributed by atoms with Crippen LogP contribution in [-0.4, -0.2) is 22.6 Å². The minimum atomic E-state index is -0.412. The van der Waals surface area contributed by atoms with Gasteiger partial charge in [0.05, 0.1) is 18.2 Å². The summed E-state index contributed by atoms with van der Waals surface area (Å²) in [5.41, 5.74) is 3.47. The molecule has 0 saturated heterocycles. The van der Waals surface area contributed by atoms with Gasteiger partial charge in [0.25, 0.3) is 5.91 Å². The molecule has 0 aliphatic rings. The zero-order chi connectivity index (χ0) is 15.2. The van der Waals surface area contributed by atoms with Gasteiger partial charge in [-0.25, -0.2) is 0 Å². The molecule has 4 nitrogen and oxygen atoms in total. The van der Waals surface area contributed by atoms with E-state index in [0.29, 0.717) is 5.56 Å². The number of aryl methyl sites for hydroxylation is 2. The van der Waals surface area contributed by atoms with Crippen LogP contribution in [0, 0.1) is 6.92 Å². The van der Waals surface area contributed by atoms with Crippen LogP contribution in [-0.2, 0) is 6.42 Å². The highest BCUT2D eigenvalue weighted by atomic mass is 16.3. The van der Waals surface area contributed by atoms with E-state index in [0.717, 1.165) is 17.7 Å². The predicted molar refractivity (Wildman–Crippen MR) is 82.1 cm³/mol. The third-order valence-electron chi connectivity index (χ3n) is 3.45. The SMILES string of the molecule is CCc1ccc(C(CO)NC(=O)c2ccc(C)nc2)cc1. The van der Waals surface area contributed by atoms with Crippen LogP contribution in [0.2, 0.25) is 0 Å². The first-order valence-corrected chi connectivity index (χ1v) is 7.07. The van der Waals surface area contributed by atoms with Crippen molar-refractivity contribution in [3.05, 3.63) is 65.0 Å². The number of hydrogen-bond donors (Lipinski definition) is 2. The molecule has 1 amide bonds. The molecule has 2 rings (SSSR count). The second kappa shape index (κ2) is 6.99. The van der Waals surface area contributed by atoms with Crippen molar-refractivity contribution >= 4 is 5.91 Å². The first kappa shape index (κ1) is 15.2. The van der Waals surface area contributed by atoms with Gasteiger partial charge in [0.2, 0.25) is 0 Å². The van der Waals surface area contributed by atoms with Crippen molar-refractivity contribution in [1.82, 2.24) is 10.3 Å². The first-order valence-electron chi connectivity index (χ1n) is 7.07. The Morgan fingerprint density at radius 1 is 1.24 bits per heavy atom. The van der Waals surface area contributed by atoms with Crippen molar-refractivity contribution in [3.8, 4) is 0 Å². The molecule has 0 spiro atoms.